The van der Waals surface area contributed by atoms with E-state index < -0.39 is 0 Å². The first-order valence-corrected chi connectivity index (χ1v) is 5.40. The van der Waals surface area contributed by atoms with Crippen molar-refractivity contribution >= 4 is 5.69 Å². The van der Waals surface area contributed by atoms with Gasteiger partial charge in [-0.15, -0.1) is 0 Å². The van der Waals surface area contributed by atoms with Gasteiger partial charge in [-0.1, -0.05) is 12.1 Å². The van der Waals surface area contributed by atoms with Crippen LogP contribution in [0.1, 0.15) is 6.92 Å². The van der Waals surface area contributed by atoms with Crippen LogP contribution in [0.15, 0.2) is 42.7 Å². The van der Waals surface area contributed by atoms with Crippen LogP contribution >= 0.6 is 0 Å². The van der Waals surface area contributed by atoms with Gasteiger partial charge < -0.3 is 15.2 Å². The number of hydrogen-bond donors (Lipinski definition) is 1. The highest BCUT2D eigenvalue weighted by molar-refractivity contribution is 5.53. The Hall–Kier alpha value is -2.23. The molecule has 0 atom stereocenters. The monoisotopic (exact) mass is 230 g/mol. The average molecular weight is 230 g/mol. The largest absolute Gasteiger partial charge is 0.490 e. The van der Waals surface area contributed by atoms with E-state index in [0.717, 1.165) is 0 Å². The van der Waals surface area contributed by atoms with Gasteiger partial charge in [-0.3, -0.25) is 4.98 Å². The predicted octanol–water partition coefficient (Wildman–Crippen LogP) is 2.85. The molecule has 4 heteroatoms. The van der Waals surface area contributed by atoms with Gasteiger partial charge >= 0.3 is 0 Å². The molecule has 1 aromatic carbocycles. The lowest BCUT2D eigenvalue weighted by atomic mass is 10.3. The van der Waals surface area contributed by atoms with Crippen LogP contribution in [0.5, 0.6) is 17.2 Å². The van der Waals surface area contributed by atoms with Crippen molar-refractivity contribution in [2.24, 2.45) is 0 Å². The Labute approximate surface area is 100 Å². The summed E-state index contributed by atoms with van der Waals surface area (Å²) >= 11 is 0. The van der Waals surface area contributed by atoms with Crippen LogP contribution < -0.4 is 15.2 Å². The lowest BCUT2D eigenvalue weighted by Crippen LogP contribution is -1.96. The summed E-state index contributed by atoms with van der Waals surface area (Å²) in [6, 6.07) is 9.20. The van der Waals surface area contributed by atoms with E-state index in [1.165, 1.54) is 0 Å². The highest BCUT2D eigenvalue weighted by Gasteiger charge is 2.06. The van der Waals surface area contributed by atoms with Crippen molar-refractivity contribution in [2.75, 3.05) is 12.3 Å². The summed E-state index contributed by atoms with van der Waals surface area (Å²) in [6.07, 6.45) is 3.19. The molecule has 1 heterocycles. The van der Waals surface area contributed by atoms with Gasteiger partial charge in [0.25, 0.3) is 0 Å². The van der Waals surface area contributed by atoms with Crippen molar-refractivity contribution in [1.29, 1.82) is 0 Å². The topological polar surface area (TPSA) is 57.4 Å². The van der Waals surface area contributed by atoms with Crippen LogP contribution in [0.4, 0.5) is 5.69 Å². The molecule has 0 fully saturated rings. The minimum Gasteiger partial charge on any atom is -0.490 e. The molecule has 0 aliphatic carbocycles. The molecule has 2 N–H and O–H groups in total. The number of pyridine rings is 1. The summed E-state index contributed by atoms with van der Waals surface area (Å²) in [5, 5.41) is 0. The molecule has 2 rings (SSSR count). The molecule has 0 saturated carbocycles. The van der Waals surface area contributed by atoms with Gasteiger partial charge in [-0.05, 0) is 19.1 Å². The highest BCUT2D eigenvalue weighted by Crippen LogP contribution is 2.33. The molecule has 0 radical (unpaired) electrons. The van der Waals surface area contributed by atoms with Crippen LogP contribution in [-0.2, 0) is 0 Å². The fourth-order valence-electron chi connectivity index (χ4n) is 1.41. The smallest absolute Gasteiger partial charge is 0.169 e. The molecule has 0 spiro atoms. The fourth-order valence-corrected chi connectivity index (χ4v) is 1.41. The minimum absolute atomic E-state index is 0.499. The molecule has 4 nitrogen and oxygen atoms in total. The van der Waals surface area contributed by atoms with Gasteiger partial charge in [0, 0.05) is 12.3 Å². The van der Waals surface area contributed by atoms with Crippen molar-refractivity contribution < 1.29 is 9.47 Å². The van der Waals surface area contributed by atoms with Crippen molar-refractivity contribution in [1.82, 2.24) is 4.98 Å². The molecule has 0 aliphatic rings. The van der Waals surface area contributed by atoms with Crippen molar-refractivity contribution in [2.45, 2.75) is 6.92 Å². The van der Waals surface area contributed by atoms with E-state index in [4.69, 9.17) is 15.2 Å². The van der Waals surface area contributed by atoms with E-state index >= 15 is 0 Å². The fraction of sp³-hybridized carbons (Fsp3) is 0.154. The zero-order valence-corrected chi connectivity index (χ0v) is 9.59. The van der Waals surface area contributed by atoms with Crippen LogP contribution in [0, 0.1) is 0 Å². The van der Waals surface area contributed by atoms with E-state index in [2.05, 4.69) is 4.98 Å². The van der Waals surface area contributed by atoms with Crippen LogP contribution in [-0.4, -0.2) is 11.6 Å². The molecular formula is C13H14N2O2. The maximum atomic E-state index is 5.76. The van der Waals surface area contributed by atoms with E-state index in [1.807, 2.05) is 31.2 Å². The summed E-state index contributed by atoms with van der Waals surface area (Å²) in [4.78, 5) is 3.91. The second-order valence-corrected chi connectivity index (χ2v) is 3.40. The van der Waals surface area contributed by atoms with Crippen LogP contribution in [0.25, 0.3) is 0 Å². The maximum Gasteiger partial charge on any atom is 0.169 e. The number of nitrogens with two attached hydrogens (primary N) is 1. The van der Waals surface area contributed by atoms with Gasteiger partial charge in [0.1, 0.15) is 0 Å². The zero-order valence-electron chi connectivity index (χ0n) is 9.59. The van der Waals surface area contributed by atoms with E-state index in [-0.39, 0.29) is 0 Å². The maximum absolute atomic E-state index is 5.76. The van der Waals surface area contributed by atoms with Gasteiger partial charge in [0.2, 0.25) is 0 Å². The van der Waals surface area contributed by atoms with E-state index in [1.54, 1.807) is 18.5 Å². The number of nitrogen functional groups attached to an aromatic ring is 1. The first kappa shape index (κ1) is 11.3. The van der Waals surface area contributed by atoms with Gasteiger partial charge in [0.15, 0.2) is 17.2 Å². The number of hydrogen-bond acceptors (Lipinski definition) is 4. The Bertz CT molecular complexity index is 500. The third kappa shape index (κ3) is 2.66. The minimum atomic E-state index is 0.499. The van der Waals surface area contributed by atoms with Crippen molar-refractivity contribution in [3.8, 4) is 17.2 Å². The summed E-state index contributed by atoms with van der Waals surface area (Å²) in [5.74, 6) is 1.92. The third-order valence-electron chi connectivity index (χ3n) is 2.18. The number of benzene rings is 1. The first-order chi connectivity index (χ1) is 8.31. The number of rotatable bonds is 4. The average Bonchev–Trinajstić information content (AvgIpc) is 2.35. The van der Waals surface area contributed by atoms with Crippen molar-refractivity contribution in [3.05, 3.63) is 42.7 Å². The van der Waals surface area contributed by atoms with Gasteiger partial charge in [0.05, 0.1) is 18.5 Å². The Morgan fingerprint density at radius 1 is 1.12 bits per heavy atom. The van der Waals surface area contributed by atoms with Crippen LogP contribution in [0.3, 0.4) is 0 Å². The predicted molar refractivity (Wildman–Crippen MR) is 66.3 cm³/mol. The zero-order chi connectivity index (χ0) is 12.1. The lowest BCUT2D eigenvalue weighted by Gasteiger charge is -2.12. The molecule has 0 aliphatic heterocycles. The number of nitrogens with zero attached hydrogens (tertiary/aromatic N) is 1. The number of ether oxygens (including phenoxy) is 2. The lowest BCUT2D eigenvalue weighted by molar-refractivity contribution is 0.321. The molecule has 0 saturated heterocycles. The number of para-hydroxylation sites is 2. The first-order valence-electron chi connectivity index (χ1n) is 5.40. The third-order valence-corrected chi connectivity index (χ3v) is 2.18. The molecule has 0 unspecified atom stereocenters. The summed E-state index contributed by atoms with van der Waals surface area (Å²) in [5.41, 5.74) is 6.26. The Kier molecular flexibility index (Phi) is 3.45. The highest BCUT2D eigenvalue weighted by atomic mass is 16.5. The summed E-state index contributed by atoms with van der Waals surface area (Å²) in [6.45, 7) is 2.52. The number of anilines is 1. The SMILES string of the molecule is CCOc1ccccc1Oc1ccncc1N. The molecule has 0 amide bonds. The van der Waals surface area contributed by atoms with E-state index in [9.17, 15) is 0 Å². The second-order valence-electron chi connectivity index (χ2n) is 3.40. The summed E-state index contributed by atoms with van der Waals surface area (Å²) in [7, 11) is 0. The van der Waals surface area contributed by atoms with E-state index in [0.29, 0.717) is 29.5 Å². The van der Waals surface area contributed by atoms with Crippen molar-refractivity contribution in [3.63, 3.8) is 0 Å². The Morgan fingerprint density at radius 2 is 1.88 bits per heavy atom. The normalized spacial score (nSPS) is 9.94. The standard InChI is InChI=1S/C13H14N2O2/c1-2-16-12-5-3-4-6-13(12)17-11-7-8-15-9-10(11)14/h3-9H,2,14H2,1H3. The Balaban J connectivity index is 2.27. The quantitative estimate of drug-likeness (QED) is 0.877. The Morgan fingerprint density at radius 3 is 2.59 bits per heavy atom. The van der Waals surface area contributed by atoms with Crippen LogP contribution in [0.2, 0.25) is 0 Å². The molecule has 2 aromatic rings. The summed E-state index contributed by atoms with van der Waals surface area (Å²) < 4.78 is 11.2. The molecular weight excluding hydrogens is 216 g/mol. The number of aromatic nitrogens is 1. The van der Waals surface area contributed by atoms with Gasteiger partial charge in [-0.25, -0.2) is 0 Å². The molecule has 1 aromatic heterocycles. The second kappa shape index (κ2) is 5.21. The molecule has 17 heavy (non-hydrogen) atoms. The molecule has 0 bridgehead atoms. The molecule has 88 valence electrons. The van der Waals surface area contributed by atoms with Gasteiger partial charge in [-0.2, -0.15) is 0 Å².